The highest BCUT2D eigenvalue weighted by atomic mass is 32.1. The Kier molecular flexibility index (Phi) is 8.26. The van der Waals surface area contributed by atoms with Crippen LogP contribution in [0.4, 0.5) is 0 Å². The minimum atomic E-state index is -0.676. The van der Waals surface area contributed by atoms with E-state index in [2.05, 4.69) is 139 Å². The van der Waals surface area contributed by atoms with Gasteiger partial charge in [0, 0.05) is 20.6 Å². The maximum absolute atomic E-state index is 2.50. The average Bonchev–Trinajstić information content (AvgIpc) is 3.67. The fourth-order valence-corrected chi connectivity index (χ4v) is 15.3. The molecule has 0 saturated heterocycles. The number of thiophene rings is 1. The number of aryl methyl sites for hydroxylation is 6. The van der Waals surface area contributed by atoms with Crippen molar-refractivity contribution in [2.45, 2.75) is 60.8 Å². The van der Waals surface area contributed by atoms with Crippen LogP contribution in [0.1, 0.15) is 56.8 Å². The van der Waals surface area contributed by atoms with Gasteiger partial charge < -0.3 is 0 Å². The third-order valence-electron chi connectivity index (χ3n) is 9.42. The zero-order valence-corrected chi connectivity index (χ0v) is 29.4. The van der Waals surface area contributed by atoms with E-state index in [0.717, 1.165) is 0 Å². The summed E-state index contributed by atoms with van der Waals surface area (Å²) in [6.07, 6.45) is 3.98. The van der Waals surface area contributed by atoms with Gasteiger partial charge in [0.05, 0.1) is 0 Å². The standard InChI is InChI=1S/C41H42P2S/c1-26-19-27(2)22-36(21-26)43(37-23-28(3)20-29(4)24-37)41-33-18-17-32(25-33)39(41)38-30(5)44-31(6)40(38)42(34-13-9-7-10-14-34)35-15-11-8-12-16-35/h7-16,19-24,32-33H,17-18,25H2,1-6H3. The summed E-state index contributed by atoms with van der Waals surface area (Å²) >= 11 is 2.03. The first-order valence-corrected chi connectivity index (χ1v) is 19.5. The molecule has 3 heteroatoms. The summed E-state index contributed by atoms with van der Waals surface area (Å²) < 4.78 is 0. The molecule has 2 aliphatic rings. The van der Waals surface area contributed by atoms with Crippen molar-refractivity contribution in [2.24, 2.45) is 11.8 Å². The molecule has 0 N–H and O–H groups in total. The molecule has 1 fully saturated rings. The van der Waals surface area contributed by atoms with Crippen LogP contribution in [0.3, 0.4) is 0 Å². The highest BCUT2D eigenvalue weighted by Gasteiger charge is 2.45. The lowest BCUT2D eigenvalue weighted by molar-refractivity contribution is 0.685. The van der Waals surface area contributed by atoms with Crippen molar-refractivity contribution in [1.82, 2.24) is 0 Å². The van der Waals surface area contributed by atoms with E-state index in [-0.39, 0.29) is 0 Å². The Balaban J connectivity index is 1.53. The number of fused-ring (bicyclic) bond motifs is 2. The van der Waals surface area contributed by atoms with Crippen molar-refractivity contribution in [3.05, 3.63) is 140 Å². The van der Waals surface area contributed by atoms with Gasteiger partial charge in [0.25, 0.3) is 0 Å². The van der Waals surface area contributed by atoms with Crippen molar-refractivity contribution in [1.29, 1.82) is 0 Å². The van der Waals surface area contributed by atoms with E-state index in [1.807, 2.05) is 11.3 Å². The van der Waals surface area contributed by atoms with Crippen LogP contribution >= 0.6 is 27.2 Å². The van der Waals surface area contributed by atoms with Crippen LogP contribution < -0.4 is 26.5 Å². The second-order valence-electron chi connectivity index (χ2n) is 13.0. The zero-order valence-electron chi connectivity index (χ0n) is 26.8. The lowest BCUT2D eigenvalue weighted by Crippen LogP contribution is -2.25. The average molecular weight is 629 g/mol. The lowest BCUT2D eigenvalue weighted by atomic mass is 9.92. The molecule has 0 aliphatic heterocycles. The summed E-state index contributed by atoms with van der Waals surface area (Å²) in [6, 6.07) is 37.4. The van der Waals surface area contributed by atoms with Crippen LogP contribution in [0.25, 0.3) is 5.57 Å². The van der Waals surface area contributed by atoms with Gasteiger partial charge >= 0.3 is 0 Å². The molecular formula is C41H42P2S. The molecule has 222 valence electrons. The first-order chi connectivity index (χ1) is 21.3. The summed E-state index contributed by atoms with van der Waals surface area (Å²) in [5, 5.41) is 9.35. The van der Waals surface area contributed by atoms with E-state index < -0.39 is 15.8 Å². The maximum atomic E-state index is 2.50. The molecule has 1 aromatic heterocycles. The van der Waals surface area contributed by atoms with Gasteiger partial charge in [0.2, 0.25) is 0 Å². The van der Waals surface area contributed by atoms with E-state index in [1.54, 1.807) is 21.8 Å². The molecular weight excluding hydrogens is 586 g/mol. The van der Waals surface area contributed by atoms with Crippen molar-refractivity contribution in [3.8, 4) is 0 Å². The lowest BCUT2D eigenvalue weighted by Gasteiger charge is -2.31. The molecule has 4 aromatic carbocycles. The predicted octanol–water partition coefficient (Wildman–Crippen LogP) is 9.63. The van der Waals surface area contributed by atoms with Crippen molar-refractivity contribution < 1.29 is 0 Å². The first-order valence-electron chi connectivity index (χ1n) is 16.0. The fraction of sp³-hybridized carbons (Fsp3) is 0.268. The molecule has 7 rings (SSSR count). The maximum Gasteiger partial charge on any atom is 0.0107 e. The Labute approximate surface area is 270 Å². The Morgan fingerprint density at radius 1 is 0.523 bits per heavy atom. The Bertz CT molecular complexity index is 1730. The molecule has 2 unspecified atom stereocenters. The second-order valence-corrected chi connectivity index (χ2v) is 18.7. The molecule has 1 saturated carbocycles. The number of allylic oxidation sites excluding steroid dienone is 2. The summed E-state index contributed by atoms with van der Waals surface area (Å²) in [7, 11) is -1.32. The topological polar surface area (TPSA) is 0 Å². The van der Waals surface area contributed by atoms with Crippen LogP contribution in [0, 0.1) is 53.4 Å². The molecule has 0 nitrogen and oxygen atoms in total. The van der Waals surface area contributed by atoms with Gasteiger partial charge in [-0.3, -0.25) is 0 Å². The van der Waals surface area contributed by atoms with Crippen molar-refractivity contribution in [2.75, 3.05) is 0 Å². The highest BCUT2D eigenvalue weighted by Crippen LogP contribution is 2.64. The molecule has 0 spiro atoms. The highest BCUT2D eigenvalue weighted by molar-refractivity contribution is 7.80. The summed E-state index contributed by atoms with van der Waals surface area (Å²) in [5.74, 6) is 1.33. The van der Waals surface area contributed by atoms with Gasteiger partial charge in [-0.2, -0.15) is 0 Å². The van der Waals surface area contributed by atoms with E-state index in [4.69, 9.17) is 0 Å². The van der Waals surface area contributed by atoms with Crippen molar-refractivity contribution >= 4 is 59.3 Å². The van der Waals surface area contributed by atoms with Crippen LogP contribution in [0.2, 0.25) is 0 Å². The smallest absolute Gasteiger partial charge is 0.0107 e. The fourth-order valence-electron chi connectivity index (χ4n) is 7.96. The molecule has 1 heterocycles. The number of hydrogen-bond acceptors (Lipinski definition) is 1. The van der Waals surface area contributed by atoms with E-state index in [9.17, 15) is 0 Å². The molecule has 2 bridgehead atoms. The third kappa shape index (κ3) is 5.47. The van der Waals surface area contributed by atoms with Gasteiger partial charge in [-0.1, -0.05) is 119 Å². The van der Waals surface area contributed by atoms with Gasteiger partial charge in [0.15, 0.2) is 0 Å². The summed E-state index contributed by atoms with van der Waals surface area (Å²) in [4.78, 5) is 3.00. The third-order valence-corrected chi connectivity index (χ3v) is 15.9. The molecule has 2 aliphatic carbocycles. The molecule has 44 heavy (non-hydrogen) atoms. The Morgan fingerprint density at radius 2 is 1.00 bits per heavy atom. The molecule has 0 radical (unpaired) electrons. The largest absolute Gasteiger partial charge is 0.145 e. The molecule has 2 atom stereocenters. The van der Waals surface area contributed by atoms with Crippen LogP contribution in [-0.4, -0.2) is 0 Å². The Hall–Kier alpha value is -2.82. The zero-order chi connectivity index (χ0) is 30.5. The SMILES string of the molecule is Cc1cc(C)cc(P(C2=C(c3c(C)sc(C)c3P(c3ccccc3)c3ccccc3)C3CCC2C3)c2cc(C)cc(C)c2)c1. The van der Waals surface area contributed by atoms with E-state index in [0.29, 0.717) is 11.8 Å². The monoisotopic (exact) mass is 628 g/mol. The second kappa shape index (κ2) is 12.2. The minimum absolute atomic E-state index is 0.646. The van der Waals surface area contributed by atoms with Crippen molar-refractivity contribution in [3.63, 3.8) is 0 Å². The van der Waals surface area contributed by atoms with Gasteiger partial charge in [0.1, 0.15) is 0 Å². The van der Waals surface area contributed by atoms with Gasteiger partial charge in [-0.05, 0) is 121 Å². The first kappa shape index (κ1) is 29.9. The minimum Gasteiger partial charge on any atom is -0.145 e. The number of benzene rings is 4. The summed E-state index contributed by atoms with van der Waals surface area (Å²) in [5.41, 5.74) is 8.84. The van der Waals surface area contributed by atoms with Gasteiger partial charge in [-0.15, -0.1) is 11.3 Å². The molecule has 0 amide bonds. The number of hydrogen-bond donors (Lipinski definition) is 0. The van der Waals surface area contributed by atoms with Crippen LogP contribution in [0.5, 0.6) is 0 Å². The van der Waals surface area contributed by atoms with Crippen LogP contribution in [-0.2, 0) is 0 Å². The normalized spacial score (nSPS) is 17.8. The van der Waals surface area contributed by atoms with E-state index >= 15 is 0 Å². The Morgan fingerprint density at radius 3 is 1.50 bits per heavy atom. The van der Waals surface area contributed by atoms with E-state index in [1.165, 1.54) is 72.5 Å². The van der Waals surface area contributed by atoms with Gasteiger partial charge in [-0.25, -0.2) is 0 Å². The molecule has 5 aromatic rings. The predicted molar refractivity (Wildman–Crippen MR) is 198 cm³/mol. The summed E-state index contributed by atoms with van der Waals surface area (Å²) in [6.45, 7) is 13.9. The number of rotatable bonds is 7. The van der Waals surface area contributed by atoms with Crippen LogP contribution in [0.15, 0.2) is 102 Å². The quantitative estimate of drug-likeness (QED) is 0.158.